The Labute approximate surface area is 117 Å². The monoisotopic (exact) mass is 305 g/mol. The van der Waals surface area contributed by atoms with E-state index in [0.717, 1.165) is 17.0 Å². The molecule has 1 fully saturated rings. The highest BCUT2D eigenvalue weighted by Crippen LogP contribution is 2.33. The number of halogens is 4. The van der Waals surface area contributed by atoms with E-state index in [1.54, 1.807) is 0 Å². The molecule has 1 unspecified atom stereocenters. The summed E-state index contributed by atoms with van der Waals surface area (Å²) in [5.41, 5.74) is -2.31. The fourth-order valence-electron chi connectivity index (χ4n) is 2.34. The van der Waals surface area contributed by atoms with Crippen LogP contribution in [0.15, 0.2) is 18.2 Å². The molecule has 2 rings (SSSR count). The lowest BCUT2D eigenvalue weighted by Gasteiger charge is -2.22. The molecule has 1 saturated heterocycles. The van der Waals surface area contributed by atoms with Crippen molar-refractivity contribution in [3.05, 3.63) is 35.1 Å². The van der Waals surface area contributed by atoms with E-state index in [1.807, 2.05) is 0 Å². The molecule has 0 radical (unpaired) electrons. The number of carbonyl (C=O) groups excluding carboxylic acids is 1. The molecule has 21 heavy (non-hydrogen) atoms. The normalized spacial score (nSPS) is 18.9. The molecule has 0 aromatic heterocycles. The summed E-state index contributed by atoms with van der Waals surface area (Å²) in [7, 11) is 0. The molecule has 1 aromatic carbocycles. The van der Waals surface area contributed by atoms with Gasteiger partial charge in [-0.05, 0) is 25.0 Å². The van der Waals surface area contributed by atoms with E-state index in [1.165, 1.54) is 0 Å². The lowest BCUT2D eigenvalue weighted by Crippen LogP contribution is -2.40. The van der Waals surface area contributed by atoms with Gasteiger partial charge in [-0.15, -0.1) is 0 Å². The molecule has 1 N–H and O–H groups in total. The number of aliphatic carboxylic acids is 1. The molecule has 0 bridgehead atoms. The van der Waals surface area contributed by atoms with E-state index in [4.69, 9.17) is 5.11 Å². The molecular formula is C13H11F4NO3. The van der Waals surface area contributed by atoms with Crippen LogP contribution in [-0.4, -0.2) is 34.5 Å². The number of rotatable bonds is 2. The Morgan fingerprint density at radius 3 is 2.52 bits per heavy atom. The first-order chi connectivity index (χ1) is 9.73. The van der Waals surface area contributed by atoms with Crippen molar-refractivity contribution in [2.75, 3.05) is 6.54 Å². The number of likely N-dealkylation sites (tertiary alicyclic amines) is 1. The number of nitrogens with zero attached hydrogens (tertiary/aromatic N) is 1. The summed E-state index contributed by atoms with van der Waals surface area (Å²) in [5, 5.41) is 8.96. The van der Waals surface area contributed by atoms with Gasteiger partial charge < -0.3 is 10.0 Å². The third-order valence-corrected chi connectivity index (χ3v) is 3.33. The Morgan fingerprint density at radius 2 is 1.95 bits per heavy atom. The van der Waals surface area contributed by atoms with Crippen molar-refractivity contribution in [1.29, 1.82) is 0 Å². The second-order valence-electron chi connectivity index (χ2n) is 4.66. The first-order valence-electron chi connectivity index (χ1n) is 6.13. The largest absolute Gasteiger partial charge is 0.480 e. The van der Waals surface area contributed by atoms with Crippen molar-refractivity contribution in [2.45, 2.75) is 25.1 Å². The summed E-state index contributed by atoms with van der Waals surface area (Å²) in [4.78, 5) is 24.0. The Kier molecular flexibility index (Phi) is 3.89. The lowest BCUT2D eigenvalue weighted by molar-refractivity contribution is -0.142. The van der Waals surface area contributed by atoms with Crippen LogP contribution >= 0.6 is 0 Å². The van der Waals surface area contributed by atoms with Crippen LogP contribution in [0.2, 0.25) is 0 Å². The molecule has 1 aliphatic rings. The van der Waals surface area contributed by atoms with Crippen molar-refractivity contribution < 1.29 is 32.3 Å². The first-order valence-corrected chi connectivity index (χ1v) is 6.13. The Bertz CT molecular complexity index is 585. The van der Waals surface area contributed by atoms with E-state index >= 15 is 0 Å². The summed E-state index contributed by atoms with van der Waals surface area (Å²) in [6.45, 7) is 0.0749. The van der Waals surface area contributed by atoms with Gasteiger partial charge in [-0.3, -0.25) is 4.79 Å². The van der Waals surface area contributed by atoms with Gasteiger partial charge in [-0.2, -0.15) is 13.2 Å². The van der Waals surface area contributed by atoms with Crippen LogP contribution in [0.3, 0.4) is 0 Å². The Hall–Kier alpha value is -2.12. The van der Waals surface area contributed by atoms with Gasteiger partial charge in [0.2, 0.25) is 0 Å². The fourth-order valence-corrected chi connectivity index (χ4v) is 2.34. The van der Waals surface area contributed by atoms with Gasteiger partial charge in [0.1, 0.15) is 11.9 Å². The number of carboxylic acid groups (broad SMARTS) is 1. The summed E-state index contributed by atoms with van der Waals surface area (Å²) >= 11 is 0. The summed E-state index contributed by atoms with van der Waals surface area (Å²) in [6, 6.07) is 1.24. The van der Waals surface area contributed by atoms with Crippen molar-refractivity contribution in [1.82, 2.24) is 4.90 Å². The van der Waals surface area contributed by atoms with Crippen LogP contribution in [0, 0.1) is 5.82 Å². The molecule has 0 spiro atoms. The third kappa shape index (κ3) is 2.84. The second-order valence-corrected chi connectivity index (χ2v) is 4.66. The van der Waals surface area contributed by atoms with Crippen molar-refractivity contribution >= 4 is 11.9 Å². The van der Waals surface area contributed by atoms with Gasteiger partial charge in [0.15, 0.2) is 0 Å². The van der Waals surface area contributed by atoms with Crippen LogP contribution in [-0.2, 0) is 11.0 Å². The van der Waals surface area contributed by atoms with E-state index in [0.29, 0.717) is 12.5 Å². The van der Waals surface area contributed by atoms with Crippen LogP contribution in [0.5, 0.6) is 0 Å². The van der Waals surface area contributed by atoms with Gasteiger partial charge in [0, 0.05) is 6.54 Å². The molecule has 1 aliphatic heterocycles. The highest BCUT2D eigenvalue weighted by molar-refractivity contribution is 5.97. The predicted molar refractivity (Wildman–Crippen MR) is 63.1 cm³/mol. The van der Waals surface area contributed by atoms with Crippen molar-refractivity contribution in [2.24, 2.45) is 0 Å². The van der Waals surface area contributed by atoms with Gasteiger partial charge in [0.05, 0.1) is 11.1 Å². The molecule has 1 aromatic rings. The van der Waals surface area contributed by atoms with Gasteiger partial charge in [-0.1, -0.05) is 6.07 Å². The molecule has 4 nitrogen and oxygen atoms in total. The Morgan fingerprint density at radius 1 is 1.29 bits per heavy atom. The van der Waals surface area contributed by atoms with E-state index in [2.05, 4.69) is 0 Å². The molecule has 114 valence electrons. The summed E-state index contributed by atoms with van der Waals surface area (Å²) < 4.78 is 51.7. The summed E-state index contributed by atoms with van der Waals surface area (Å²) in [6.07, 6.45) is -4.32. The molecular weight excluding hydrogens is 294 g/mol. The topological polar surface area (TPSA) is 57.6 Å². The zero-order valence-electron chi connectivity index (χ0n) is 10.7. The van der Waals surface area contributed by atoms with Crippen LogP contribution in [0.4, 0.5) is 17.6 Å². The number of carbonyl (C=O) groups is 2. The molecule has 0 saturated carbocycles. The van der Waals surface area contributed by atoms with E-state index in [-0.39, 0.29) is 13.0 Å². The number of carboxylic acids is 1. The van der Waals surface area contributed by atoms with Crippen molar-refractivity contribution in [3.63, 3.8) is 0 Å². The standard InChI is InChI=1S/C13H11F4NO3/c14-10-7(3-1-4-8(10)13(15,16)17)11(19)18-6-2-5-9(18)12(20)21/h1,3-4,9H,2,5-6H2,(H,20,21). The van der Waals surface area contributed by atoms with E-state index in [9.17, 15) is 27.2 Å². The molecule has 1 atom stereocenters. The molecule has 1 amide bonds. The number of hydrogen-bond acceptors (Lipinski definition) is 2. The smallest absolute Gasteiger partial charge is 0.419 e. The minimum absolute atomic E-state index is 0.0749. The van der Waals surface area contributed by atoms with Gasteiger partial charge in [0.25, 0.3) is 5.91 Å². The number of alkyl halides is 3. The maximum atomic E-state index is 13.9. The number of amides is 1. The zero-order chi connectivity index (χ0) is 15.8. The van der Waals surface area contributed by atoms with Crippen LogP contribution < -0.4 is 0 Å². The van der Waals surface area contributed by atoms with E-state index < -0.39 is 41.0 Å². The fraction of sp³-hybridized carbons (Fsp3) is 0.385. The number of hydrogen-bond donors (Lipinski definition) is 1. The average Bonchev–Trinajstić information content (AvgIpc) is 2.86. The lowest BCUT2D eigenvalue weighted by atomic mass is 10.1. The SMILES string of the molecule is O=C(O)C1CCCN1C(=O)c1cccc(C(F)(F)F)c1F. The second kappa shape index (κ2) is 5.34. The highest BCUT2D eigenvalue weighted by Gasteiger charge is 2.39. The molecule has 0 aliphatic carbocycles. The van der Waals surface area contributed by atoms with Gasteiger partial charge >= 0.3 is 12.1 Å². The minimum Gasteiger partial charge on any atom is -0.480 e. The average molecular weight is 305 g/mol. The quantitative estimate of drug-likeness (QED) is 0.854. The Balaban J connectivity index is 2.38. The number of benzene rings is 1. The predicted octanol–water partition coefficient (Wildman–Crippen LogP) is 2.53. The molecule has 8 heteroatoms. The highest BCUT2D eigenvalue weighted by atomic mass is 19.4. The zero-order valence-corrected chi connectivity index (χ0v) is 10.7. The third-order valence-electron chi connectivity index (χ3n) is 3.33. The maximum Gasteiger partial charge on any atom is 0.419 e. The van der Waals surface area contributed by atoms with Crippen molar-refractivity contribution in [3.8, 4) is 0 Å². The first kappa shape index (κ1) is 15.3. The maximum absolute atomic E-state index is 13.9. The minimum atomic E-state index is -4.92. The summed E-state index contributed by atoms with van der Waals surface area (Å²) in [5.74, 6) is -3.97. The van der Waals surface area contributed by atoms with Gasteiger partial charge in [-0.25, -0.2) is 9.18 Å². The molecule has 1 heterocycles. The van der Waals surface area contributed by atoms with Crippen LogP contribution in [0.1, 0.15) is 28.8 Å². The van der Waals surface area contributed by atoms with Crippen LogP contribution in [0.25, 0.3) is 0 Å².